The van der Waals surface area contributed by atoms with Gasteiger partial charge in [0, 0.05) is 43.9 Å². The molecule has 0 amide bonds. The van der Waals surface area contributed by atoms with Gasteiger partial charge in [0.05, 0.1) is 5.69 Å². The van der Waals surface area contributed by atoms with Gasteiger partial charge < -0.3 is 9.84 Å². The summed E-state index contributed by atoms with van der Waals surface area (Å²) in [5, 5.41) is 7.62. The summed E-state index contributed by atoms with van der Waals surface area (Å²) >= 11 is 0. The summed E-state index contributed by atoms with van der Waals surface area (Å²) in [6, 6.07) is 12.7. The first-order chi connectivity index (χ1) is 9.31. The molecule has 4 heteroatoms. The first kappa shape index (κ1) is 12.4. The van der Waals surface area contributed by atoms with E-state index in [-0.39, 0.29) is 0 Å². The summed E-state index contributed by atoms with van der Waals surface area (Å²) in [6.45, 7) is 6.25. The van der Waals surface area contributed by atoms with E-state index in [1.807, 2.05) is 36.4 Å². The lowest BCUT2D eigenvalue weighted by molar-refractivity contribution is 0.195. The molecule has 100 valence electrons. The minimum atomic E-state index is 0.550. The normalized spacial score (nSPS) is 20.6. The van der Waals surface area contributed by atoms with Crippen molar-refractivity contribution in [1.82, 2.24) is 15.4 Å². The van der Waals surface area contributed by atoms with E-state index >= 15 is 0 Å². The molecule has 1 fully saturated rings. The highest BCUT2D eigenvalue weighted by atomic mass is 16.5. The SMILES string of the molecule is C[C@H]1CN(Cc2cc(-c3ccccc3)on2)CCN1. The summed E-state index contributed by atoms with van der Waals surface area (Å²) in [5.74, 6) is 0.846. The molecule has 4 nitrogen and oxygen atoms in total. The number of benzene rings is 1. The Bertz CT molecular complexity index is 523. The predicted molar refractivity (Wildman–Crippen MR) is 74.7 cm³/mol. The van der Waals surface area contributed by atoms with Gasteiger partial charge in [0.25, 0.3) is 0 Å². The Kier molecular flexibility index (Phi) is 3.62. The van der Waals surface area contributed by atoms with E-state index in [2.05, 4.69) is 22.3 Å². The van der Waals surface area contributed by atoms with Crippen LogP contribution in [0.25, 0.3) is 11.3 Å². The monoisotopic (exact) mass is 257 g/mol. The first-order valence-corrected chi connectivity index (χ1v) is 6.78. The van der Waals surface area contributed by atoms with Crippen molar-refractivity contribution in [1.29, 1.82) is 0 Å². The standard InChI is InChI=1S/C15H19N3O/c1-12-10-18(8-7-16-12)11-14-9-15(19-17-14)13-5-3-2-4-6-13/h2-6,9,12,16H,7-8,10-11H2,1H3/t12-/m0/s1. The van der Waals surface area contributed by atoms with Gasteiger partial charge in [0.15, 0.2) is 5.76 Å². The zero-order valence-electron chi connectivity index (χ0n) is 11.2. The zero-order chi connectivity index (χ0) is 13.1. The molecule has 1 atom stereocenters. The third-order valence-electron chi connectivity index (χ3n) is 3.46. The van der Waals surface area contributed by atoms with Crippen LogP contribution in [-0.4, -0.2) is 35.7 Å². The number of piperazine rings is 1. The Balaban J connectivity index is 1.68. The Morgan fingerprint density at radius 3 is 3.00 bits per heavy atom. The van der Waals surface area contributed by atoms with Crippen LogP contribution in [0.1, 0.15) is 12.6 Å². The average Bonchev–Trinajstić information content (AvgIpc) is 2.88. The molecule has 1 N–H and O–H groups in total. The Labute approximate surface area is 113 Å². The molecular formula is C15H19N3O. The largest absolute Gasteiger partial charge is 0.356 e. The lowest BCUT2D eigenvalue weighted by Crippen LogP contribution is -2.48. The number of aromatic nitrogens is 1. The van der Waals surface area contributed by atoms with Crippen molar-refractivity contribution in [3.63, 3.8) is 0 Å². The smallest absolute Gasteiger partial charge is 0.167 e. The van der Waals surface area contributed by atoms with Gasteiger partial charge >= 0.3 is 0 Å². The predicted octanol–water partition coefficient (Wildman–Crippen LogP) is 2.14. The highest BCUT2D eigenvalue weighted by Crippen LogP contribution is 2.20. The molecule has 0 saturated carbocycles. The van der Waals surface area contributed by atoms with Crippen LogP contribution in [0.2, 0.25) is 0 Å². The molecule has 0 aliphatic carbocycles. The highest BCUT2D eigenvalue weighted by molar-refractivity contribution is 5.56. The highest BCUT2D eigenvalue weighted by Gasteiger charge is 2.17. The van der Waals surface area contributed by atoms with Crippen LogP contribution < -0.4 is 5.32 Å². The lowest BCUT2D eigenvalue weighted by Gasteiger charge is -2.30. The molecular weight excluding hydrogens is 238 g/mol. The summed E-state index contributed by atoms with van der Waals surface area (Å²) in [5.41, 5.74) is 2.09. The second-order valence-corrected chi connectivity index (χ2v) is 5.14. The van der Waals surface area contributed by atoms with E-state index in [9.17, 15) is 0 Å². The van der Waals surface area contributed by atoms with Crippen molar-refractivity contribution in [3.05, 3.63) is 42.1 Å². The Hall–Kier alpha value is -1.65. The lowest BCUT2D eigenvalue weighted by atomic mass is 10.1. The number of hydrogen-bond donors (Lipinski definition) is 1. The third kappa shape index (κ3) is 3.03. The van der Waals surface area contributed by atoms with Crippen molar-refractivity contribution in [2.24, 2.45) is 0 Å². The molecule has 1 saturated heterocycles. The molecule has 0 spiro atoms. The Morgan fingerprint density at radius 2 is 2.21 bits per heavy atom. The van der Waals surface area contributed by atoms with Crippen LogP contribution in [0.15, 0.2) is 40.9 Å². The maximum atomic E-state index is 5.43. The number of nitrogens with zero attached hydrogens (tertiary/aromatic N) is 2. The molecule has 2 aromatic rings. The van der Waals surface area contributed by atoms with Crippen LogP contribution in [0.4, 0.5) is 0 Å². The fourth-order valence-electron chi connectivity index (χ4n) is 2.51. The van der Waals surface area contributed by atoms with E-state index in [1.54, 1.807) is 0 Å². The van der Waals surface area contributed by atoms with Crippen LogP contribution in [0, 0.1) is 0 Å². The molecule has 0 radical (unpaired) electrons. The van der Waals surface area contributed by atoms with Crippen molar-refractivity contribution < 1.29 is 4.52 Å². The van der Waals surface area contributed by atoms with Crippen molar-refractivity contribution in [2.75, 3.05) is 19.6 Å². The van der Waals surface area contributed by atoms with Gasteiger partial charge in [-0.15, -0.1) is 0 Å². The third-order valence-corrected chi connectivity index (χ3v) is 3.46. The van der Waals surface area contributed by atoms with E-state index < -0.39 is 0 Å². The van der Waals surface area contributed by atoms with E-state index in [0.29, 0.717) is 6.04 Å². The van der Waals surface area contributed by atoms with E-state index in [0.717, 1.165) is 43.2 Å². The van der Waals surface area contributed by atoms with Gasteiger partial charge in [-0.05, 0) is 6.92 Å². The van der Waals surface area contributed by atoms with Crippen molar-refractivity contribution in [2.45, 2.75) is 19.5 Å². The minimum absolute atomic E-state index is 0.550. The first-order valence-electron chi connectivity index (χ1n) is 6.78. The second kappa shape index (κ2) is 5.55. The van der Waals surface area contributed by atoms with E-state index in [4.69, 9.17) is 4.52 Å². The molecule has 1 aliphatic heterocycles. The van der Waals surface area contributed by atoms with E-state index in [1.165, 1.54) is 0 Å². The molecule has 2 heterocycles. The molecule has 0 unspecified atom stereocenters. The van der Waals surface area contributed by atoms with Crippen molar-refractivity contribution >= 4 is 0 Å². The summed E-state index contributed by atoms with van der Waals surface area (Å²) in [4.78, 5) is 2.41. The van der Waals surface area contributed by atoms with Crippen molar-refractivity contribution in [3.8, 4) is 11.3 Å². The van der Waals surface area contributed by atoms with Gasteiger partial charge in [-0.1, -0.05) is 35.5 Å². The molecule has 0 bridgehead atoms. The van der Waals surface area contributed by atoms with Gasteiger partial charge in [-0.3, -0.25) is 4.90 Å². The molecule has 1 aromatic heterocycles. The second-order valence-electron chi connectivity index (χ2n) is 5.14. The number of rotatable bonds is 3. The zero-order valence-corrected chi connectivity index (χ0v) is 11.2. The fourth-order valence-corrected chi connectivity index (χ4v) is 2.51. The molecule has 1 aliphatic rings. The minimum Gasteiger partial charge on any atom is -0.356 e. The average molecular weight is 257 g/mol. The van der Waals surface area contributed by atoms with Crippen LogP contribution in [0.3, 0.4) is 0 Å². The maximum Gasteiger partial charge on any atom is 0.167 e. The topological polar surface area (TPSA) is 41.3 Å². The summed E-state index contributed by atoms with van der Waals surface area (Å²) < 4.78 is 5.43. The molecule has 19 heavy (non-hydrogen) atoms. The Morgan fingerprint density at radius 1 is 1.37 bits per heavy atom. The molecule has 3 rings (SSSR count). The fraction of sp³-hybridized carbons (Fsp3) is 0.400. The summed E-state index contributed by atoms with van der Waals surface area (Å²) in [7, 11) is 0. The quantitative estimate of drug-likeness (QED) is 0.914. The van der Waals surface area contributed by atoms with Gasteiger partial charge in [-0.25, -0.2) is 0 Å². The number of nitrogens with one attached hydrogen (secondary N) is 1. The number of hydrogen-bond acceptors (Lipinski definition) is 4. The maximum absolute atomic E-state index is 5.43. The van der Waals surface area contributed by atoms with Gasteiger partial charge in [0.1, 0.15) is 0 Å². The van der Waals surface area contributed by atoms with Crippen LogP contribution in [0.5, 0.6) is 0 Å². The van der Waals surface area contributed by atoms with Crippen LogP contribution in [-0.2, 0) is 6.54 Å². The summed E-state index contributed by atoms with van der Waals surface area (Å²) in [6.07, 6.45) is 0. The van der Waals surface area contributed by atoms with Crippen LogP contribution >= 0.6 is 0 Å². The van der Waals surface area contributed by atoms with Gasteiger partial charge in [-0.2, -0.15) is 0 Å². The van der Waals surface area contributed by atoms with Gasteiger partial charge in [0.2, 0.25) is 0 Å². The molecule has 1 aromatic carbocycles.